The summed E-state index contributed by atoms with van der Waals surface area (Å²) in [5, 5.41) is 0. The van der Waals surface area contributed by atoms with E-state index in [1.54, 1.807) is 14.2 Å². The van der Waals surface area contributed by atoms with Gasteiger partial charge in [-0.15, -0.1) is 0 Å². The van der Waals surface area contributed by atoms with Crippen LogP contribution in [0.2, 0.25) is 0 Å². The summed E-state index contributed by atoms with van der Waals surface area (Å²) in [5.74, 6) is 3.17. The highest BCUT2D eigenvalue weighted by atomic mass is 16.5. The molecule has 102 valence electrons. The summed E-state index contributed by atoms with van der Waals surface area (Å²) in [7, 11) is 3.35. The predicted molar refractivity (Wildman–Crippen MR) is 75.0 cm³/mol. The Morgan fingerprint density at radius 1 is 1.21 bits per heavy atom. The first-order chi connectivity index (χ1) is 9.15. The second-order valence-corrected chi connectivity index (χ2v) is 4.75. The van der Waals surface area contributed by atoms with Crippen LogP contribution in [-0.2, 0) is 6.54 Å². The molecule has 2 aromatic rings. The maximum Gasteiger partial charge on any atom is 0.124 e. The number of hydrogen-bond acceptors (Lipinski definition) is 3. The first-order valence-corrected chi connectivity index (χ1v) is 6.37. The number of benzene rings is 1. The summed E-state index contributed by atoms with van der Waals surface area (Å²) < 4.78 is 12.8. The lowest BCUT2D eigenvalue weighted by molar-refractivity contribution is 0.397. The second-order valence-electron chi connectivity index (χ2n) is 4.75. The van der Waals surface area contributed by atoms with Crippen LogP contribution in [0.5, 0.6) is 11.5 Å². The lowest BCUT2D eigenvalue weighted by atomic mass is 10.1. The van der Waals surface area contributed by atoms with E-state index in [0.29, 0.717) is 5.92 Å². The Morgan fingerprint density at radius 3 is 2.63 bits per heavy atom. The maximum atomic E-state index is 5.40. The Balaban J connectivity index is 2.33. The molecule has 1 aromatic heterocycles. The molecule has 0 amide bonds. The highest BCUT2D eigenvalue weighted by molar-refractivity contribution is 5.40. The fourth-order valence-electron chi connectivity index (χ4n) is 2.14. The molecule has 0 bridgehead atoms. The number of nitrogens with zero attached hydrogens (tertiary/aromatic N) is 2. The van der Waals surface area contributed by atoms with E-state index in [4.69, 9.17) is 9.47 Å². The SMILES string of the molecule is COc1ccc(OC)c(Cn2ccnc2C(C)C)c1. The predicted octanol–water partition coefficient (Wildman–Crippen LogP) is 3.07. The summed E-state index contributed by atoms with van der Waals surface area (Å²) in [6.45, 7) is 5.01. The molecular formula is C15H20N2O2. The van der Waals surface area contributed by atoms with Crippen LogP contribution < -0.4 is 9.47 Å². The van der Waals surface area contributed by atoms with Crippen LogP contribution in [0.15, 0.2) is 30.6 Å². The van der Waals surface area contributed by atoms with E-state index in [1.807, 2.05) is 30.6 Å². The molecule has 0 atom stereocenters. The third kappa shape index (κ3) is 2.89. The van der Waals surface area contributed by atoms with Gasteiger partial charge in [0.25, 0.3) is 0 Å². The van der Waals surface area contributed by atoms with Gasteiger partial charge in [-0.3, -0.25) is 0 Å². The van der Waals surface area contributed by atoms with Crippen LogP contribution in [0, 0.1) is 0 Å². The fraction of sp³-hybridized carbons (Fsp3) is 0.400. The molecule has 0 saturated carbocycles. The molecule has 1 aromatic carbocycles. The van der Waals surface area contributed by atoms with Crippen molar-refractivity contribution in [1.29, 1.82) is 0 Å². The molecule has 0 aliphatic rings. The van der Waals surface area contributed by atoms with Crippen molar-refractivity contribution in [2.24, 2.45) is 0 Å². The highest BCUT2D eigenvalue weighted by Crippen LogP contribution is 2.25. The first-order valence-electron chi connectivity index (χ1n) is 6.37. The van der Waals surface area contributed by atoms with E-state index < -0.39 is 0 Å². The van der Waals surface area contributed by atoms with Gasteiger partial charge >= 0.3 is 0 Å². The average Bonchev–Trinajstić information content (AvgIpc) is 2.87. The van der Waals surface area contributed by atoms with Crippen molar-refractivity contribution >= 4 is 0 Å². The topological polar surface area (TPSA) is 36.3 Å². The molecule has 1 heterocycles. The zero-order chi connectivity index (χ0) is 13.8. The number of rotatable bonds is 5. The van der Waals surface area contributed by atoms with Gasteiger partial charge in [0.15, 0.2) is 0 Å². The van der Waals surface area contributed by atoms with Crippen molar-refractivity contribution in [2.45, 2.75) is 26.3 Å². The molecule has 0 aliphatic carbocycles. The molecule has 0 N–H and O–H groups in total. The number of aromatic nitrogens is 2. The lowest BCUT2D eigenvalue weighted by Gasteiger charge is -2.14. The molecule has 0 saturated heterocycles. The Bertz CT molecular complexity index is 547. The number of ether oxygens (including phenoxy) is 2. The van der Waals surface area contributed by atoms with Gasteiger partial charge in [0.05, 0.1) is 20.8 Å². The van der Waals surface area contributed by atoms with E-state index in [1.165, 1.54) is 0 Å². The molecule has 0 spiro atoms. The van der Waals surface area contributed by atoms with Crippen molar-refractivity contribution in [3.63, 3.8) is 0 Å². The van der Waals surface area contributed by atoms with E-state index in [0.717, 1.165) is 29.4 Å². The van der Waals surface area contributed by atoms with Crippen LogP contribution in [0.4, 0.5) is 0 Å². The number of methoxy groups -OCH3 is 2. The van der Waals surface area contributed by atoms with Crippen LogP contribution in [-0.4, -0.2) is 23.8 Å². The Labute approximate surface area is 114 Å². The maximum absolute atomic E-state index is 5.40. The van der Waals surface area contributed by atoms with Gasteiger partial charge in [0.2, 0.25) is 0 Å². The van der Waals surface area contributed by atoms with E-state index in [9.17, 15) is 0 Å². The average molecular weight is 260 g/mol. The van der Waals surface area contributed by atoms with Crippen molar-refractivity contribution < 1.29 is 9.47 Å². The fourth-order valence-corrected chi connectivity index (χ4v) is 2.14. The minimum absolute atomic E-state index is 0.395. The molecule has 4 nitrogen and oxygen atoms in total. The molecule has 0 unspecified atom stereocenters. The van der Waals surface area contributed by atoms with Crippen LogP contribution in [0.1, 0.15) is 31.2 Å². The smallest absolute Gasteiger partial charge is 0.124 e. The van der Waals surface area contributed by atoms with Crippen LogP contribution in [0.25, 0.3) is 0 Å². The molecular weight excluding hydrogens is 240 g/mol. The summed E-state index contributed by atoms with van der Waals surface area (Å²) in [6, 6.07) is 5.84. The monoisotopic (exact) mass is 260 g/mol. The van der Waals surface area contributed by atoms with E-state index >= 15 is 0 Å². The Kier molecular flexibility index (Phi) is 4.10. The number of imidazole rings is 1. The molecule has 19 heavy (non-hydrogen) atoms. The van der Waals surface area contributed by atoms with E-state index in [-0.39, 0.29) is 0 Å². The minimum atomic E-state index is 0.395. The first kappa shape index (κ1) is 13.5. The van der Waals surface area contributed by atoms with Crippen molar-refractivity contribution in [3.8, 4) is 11.5 Å². The van der Waals surface area contributed by atoms with Gasteiger partial charge in [0.1, 0.15) is 17.3 Å². The lowest BCUT2D eigenvalue weighted by Crippen LogP contribution is -2.07. The van der Waals surface area contributed by atoms with Crippen LogP contribution in [0.3, 0.4) is 0 Å². The zero-order valence-corrected chi connectivity index (χ0v) is 11.9. The van der Waals surface area contributed by atoms with Gasteiger partial charge in [-0.1, -0.05) is 13.8 Å². The molecule has 2 rings (SSSR count). The third-order valence-electron chi connectivity index (χ3n) is 3.09. The molecule has 4 heteroatoms. The van der Waals surface area contributed by atoms with Crippen LogP contribution >= 0.6 is 0 Å². The number of hydrogen-bond donors (Lipinski definition) is 0. The highest BCUT2D eigenvalue weighted by Gasteiger charge is 2.11. The van der Waals surface area contributed by atoms with E-state index in [2.05, 4.69) is 23.4 Å². The van der Waals surface area contributed by atoms with Gasteiger partial charge in [-0.05, 0) is 18.2 Å². The summed E-state index contributed by atoms with van der Waals surface area (Å²) in [5.41, 5.74) is 1.08. The van der Waals surface area contributed by atoms with Gasteiger partial charge < -0.3 is 14.0 Å². The van der Waals surface area contributed by atoms with Gasteiger partial charge in [0, 0.05) is 23.9 Å². The Morgan fingerprint density at radius 2 is 2.00 bits per heavy atom. The molecule has 0 aliphatic heterocycles. The summed E-state index contributed by atoms with van der Waals surface area (Å²) in [4.78, 5) is 4.40. The van der Waals surface area contributed by atoms with Crippen molar-refractivity contribution in [3.05, 3.63) is 42.0 Å². The largest absolute Gasteiger partial charge is 0.497 e. The molecule has 0 radical (unpaired) electrons. The third-order valence-corrected chi connectivity index (χ3v) is 3.09. The summed E-state index contributed by atoms with van der Waals surface area (Å²) in [6.07, 6.45) is 3.83. The standard InChI is InChI=1S/C15H20N2O2/c1-11(2)15-16-7-8-17(15)10-12-9-13(18-3)5-6-14(12)19-4/h5-9,11H,10H2,1-4H3. The Hall–Kier alpha value is -1.97. The summed E-state index contributed by atoms with van der Waals surface area (Å²) >= 11 is 0. The normalized spacial score (nSPS) is 10.8. The van der Waals surface area contributed by atoms with Crippen molar-refractivity contribution in [2.75, 3.05) is 14.2 Å². The van der Waals surface area contributed by atoms with Crippen molar-refractivity contribution in [1.82, 2.24) is 9.55 Å². The molecule has 0 fully saturated rings. The zero-order valence-electron chi connectivity index (χ0n) is 11.9. The second kappa shape index (κ2) is 5.78. The van der Waals surface area contributed by atoms with Gasteiger partial charge in [-0.2, -0.15) is 0 Å². The quantitative estimate of drug-likeness (QED) is 0.829. The van der Waals surface area contributed by atoms with Gasteiger partial charge in [-0.25, -0.2) is 4.98 Å². The minimum Gasteiger partial charge on any atom is -0.497 e.